The van der Waals surface area contributed by atoms with Crippen LogP contribution in [0.3, 0.4) is 0 Å². The fourth-order valence-electron chi connectivity index (χ4n) is 5.48. The SMILES string of the molecule is Cc1cccc(-c2ccc3c(-c4cc(F)c5c(c4C)CCCO5)c(C(OC(C)(C)C)C(=O)O)n(C)c(=O)c3c2)n1. The predicted molar refractivity (Wildman–Crippen MR) is 152 cm³/mol. The summed E-state index contributed by atoms with van der Waals surface area (Å²) in [6.07, 6.45) is -0.102. The normalized spacial score (nSPS) is 14.1. The monoisotopic (exact) mass is 544 g/mol. The summed E-state index contributed by atoms with van der Waals surface area (Å²) in [6, 6.07) is 12.5. The van der Waals surface area contributed by atoms with Gasteiger partial charge in [0.2, 0.25) is 0 Å². The number of pyridine rings is 2. The van der Waals surface area contributed by atoms with Gasteiger partial charge in [-0.3, -0.25) is 9.78 Å². The number of hydrogen-bond acceptors (Lipinski definition) is 5. The Morgan fingerprint density at radius 2 is 1.90 bits per heavy atom. The van der Waals surface area contributed by atoms with E-state index in [0.717, 1.165) is 28.8 Å². The number of hydrogen-bond donors (Lipinski definition) is 1. The van der Waals surface area contributed by atoms with Gasteiger partial charge in [0.15, 0.2) is 17.7 Å². The predicted octanol–water partition coefficient (Wildman–Crippen LogP) is 6.29. The summed E-state index contributed by atoms with van der Waals surface area (Å²) < 4.78 is 28.5. The van der Waals surface area contributed by atoms with Gasteiger partial charge in [0, 0.05) is 34.8 Å². The van der Waals surface area contributed by atoms with E-state index in [1.54, 1.807) is 32.9 Å². The molecule has 0 bridgehead atoms. The fraction of sp³-hybridized carbons (Fsp3) is 0.344. The first-order valence-electron chi connectivity index (χ1n) is 13.3. The molecule has 0 saturated carbocycles. The van der Waals surface area contributed by atoms with Gasteiger partial charge in [-0.05, 0) is 88.2 Å². The first-order chi connectivity index (χ1) is 18.9. The molecule has 8 heteroatoms. The van der Waals surface area contributed by atoms with E-state index in [2.05, 4.69) is 4.98 Å². The zero-order valence-electron chi connectivity index (χ0n) is 23.6. The second-order valence-corrected chi connectivity index (χ2v) is 11.3. The third-order valence-electron chi connectivity index (χ3n) is 7.28. The number of rotatable bonds is 5. The number of carbonyl (C=O) groups is 1. The molecule has 2 aromatic heterocycles. The van der Waals surface area contributed by atoms with Crippen molar-refractivity contribution in [2.45, 2.75) is 59.2 Å². The highest BCUT2D eigenvalue weighted by Gasteiger charge is 2.34. The van der Waals surface area contributed by atoms with Crippen molar-refractivity contribution in [1.82, 2.24) is 9.55 Å². The Bertz CT molecular complexity index is 1720. The molecule has 0 radical (unpaired) electrons. The van der Waals surface area contributed by atoms with Crippen LogP contribution in [0.2, 0.25) is 0 Å². The van der Waals surface area contributed by atoms with Gasteiger partial charge in [-0.15, -0.1) is 0 Å². The first kappa shape index (κ1) is 27.5. The van der Waals surface area contributed by atoms with E-state index in [0.29, 0.717) is 40.6 Å². The smallest absolute Gasteiger partial charge is 0.339 e. The molecule has 208 valence electrons. The zero-order valence-corrected chi connectivity index (χ0v) is 23.6. The van der Waals surface area contributed by atoms with Crippen LogP contribution in [0.4, 0.5) is 4.39 Å². The summed E-state index contributed by atoms with van der Waals surface area (Å²) in [5.74, 6) is -1.53. The lowest BCUT2D eigenvalue weighted by atomic mass is 9.87. The minimum Gasteiger partial charge on any atom is -0.490 e. The molecule has 1 unspecified atom stereocenters. The second-order valence-electron chi connectivity index (χ2n) is 11.3. The first-order valence-corrected chi connectivity index (χ1v) is 13.3. The van der Waals surface area contributed by atoms with Crippen LogP contribution in [-0.2, 0) is 23.0 Å². The van der Waals surface area contributed by atoms with Crippen LogP contribution < -0.4 is 10.3 Å². The van der Waals surface area contributed by atoms with Gasteiger partial charge in [0.1, 0.15) is 0 Å². The Kier molecular flexibility index (Phi) is 7.00. The molecular weight excluding hydrogens is 511 g/mol. The van der Waals surface area contributed by atoms with E-state index in [9.17, 15) is 14.7 Å². The third-order valence-corrected chi connectivity index (χ3v) is 7.28. The van der Waals surface area contributed by atoms with Crippen LogP contribution in [-0.4, -0.2) is 32.8 Å². The van der Waals surface area contributed by atoms with Crippen molar-refractivity contribution in [1.29, 1.82) is 0 Å². The molecule has 3 heterocycles. The number of aromatic nitrogens is 2. The largest absolute Gasteiger partial charge is 0.490 e. The molecule has 5 rings (SSSR count). The molecular formula is C32H33FN2O5. The van der Waals surface area contributed by atoms with Gasteiger partial charge in [0.05, 0.1) is 23.6 Å². The standard InChI is InChI=1S/C32H33FN2O5/c1-17-9-7-11-25(34-17)19-12-13-21-23(15-19)30(36)35(6)27(29(31(37)38)40-32(3,4)5)26(21)22-16-24(33)28-20(18(22)2)10-8-14-39-28/h7,9,11-13,15-16,29H,8,10,14H2,1-6H3,(H,37,38). The number of carboxylic acid groups (broad SMARTS) is 1. The molecule has 4 aromatic rings. The van der Waals surface area contributed by atoms with E-state index in [-0.39, 0.29) is 17.0 Å². The van der Waals surface area contributed by atoms with E-state index < -0.39 is 23.5 Å². The molecule has 7 nitrogen and oxygen atoms in total. The number of aliphatic carboxylic acids is 1. The molecule has 1 aliphatic heterocycles. The minimum atomic E-state index is -1.48. The van der Waals surface area contributed by atoms with E-state index in [1.807, 2.05) is 38.1 Å². The van der Waals surface area contributed by atoms with Crippen molar-refractivity contribution in [3.05, 3.63) is 81.2 Å². The highest BCUT2D eigenvalue weighted by atomic mass is 19.1. The van der Waals surface area contributed by atoms with Crippen molar-refractivity contribution in [3.8, 4) is 28.1 Å². The van der Waals surface area contributed by atoms with Crippen molar-refractivity contribution in [2.75, 3.05) is 6.61 Å². The van der Waals surface area contributed by atoms with Crippen LogP contribution in [0.5, 0.6) is 5.75 Å². The van der Waals surface area contributed by atoms with Crippen molar-refractivity contribution >= 4 is 16.7 Å². The van der Waals surface area contributed by atoms with Crippen molar-refractivity contribution in [2.24, 2.45) is 7.05 Å². The topological polar surface area (TPSA) is 90.7 Å². The molecule has 0 saturated heterocycles. The number of fused-ring (bicyclic) bond motifs is 2. The molecule has 1 atom stereocenters. The van der Waals surface area contributed by atoms with Gasteiger partial charge in [0.25, 0.3) is 5.56 Å². The molecule has 1 aliphatic rings. The average Bonchev–Trinajstić information content (AvgIpc) is 2.91. The molecule has 0 spiro atoms. The maximum absolute atomic E-state index is 15.5. The van der Waals surface area contributed by atoms with Gasteiger partial charge in [-0.25, -0.2) is 9.18 Å². The number of aryl methyl sites for hydroxylation is 1. The highest BCUT2D eigenvalue weighted by molar-refractivity contribution is 6.01. The molecule has 0 fully saturated rings. The van der Waals surface area contributed by atoms with Crippen LogP contribution >= 0.6 is 0 Å². The van der Waals surface area contributed by atoms with Crippen LogP contribution in [0.25, 0.3) is 33.2 Å². The van der Waals surface area contributed by atoms with Crippen LogP contribution in [0.1, 0.15) is 55.8 Å². The van der Waals surface area contributed by atoms with Crippen LogP contribution in [0, 0.1) is 19.7 Å². The van der Waals surface area contributed by atoms with Crippen LogP contribution in [0.15, 0.2) is 47.3 Å². The van der Waals surface area contributed by atoms with Gasteiger partial charge in [-0.2, -0.15) is 0 Å². The lowest BCUT2D eigenvalue weighted by Crippen LogP contribution is -2.33. The summed E-state index contributed by atoms with van der Waals surface area (Å²) in [6.45, 7) is 9.48. The zero-order chi connectivity index (χ0) is 28.9. The molecule has 2 aromatic carbocycles. The summed E-state index contributed by atoms with van der Waals surface area (Å²) in [7, 11) is 1.54. The van der Waals surface area contributed by atoms with Gasteiger partial charge >= 0.3 is 5.97 Å². The number of benzene rings is 2. The average molecular weight is 545 g/mol. The molecule has 0 amide bonds. The highest BCUT2D eigenvalue weighted by Crippen LogP contribution is 2.43. The van der Waals surface area contributed by atoms with E-state index in [1.165, 1.54) is 17.7 Å². The maximum Gasteiger partial charge on any atom is 0.339 e. The Labute approximate surface area is 232 Å². The van der Waals surface area contributed by atoms with E-state index >= 15 is 4.39 Å². The lowest BCUT2D eigenvalue weighted by Gasteiger charge is -2.29. The Hall–Kier alpha value is -4.04. The maximum atomic E-state index is 15.5. The Morgan fingerprint density at radius 1 is 1.15 bits per heavy atom. The van der Waals surface area contributed by atoms with Gasteiger partial charge < -0.3 is 19.1 Å². The van der Waals surface area contributed by atoms with E-state index in [4.69, 9.17) is 9.47 Å². The Balaban J connectivity index is 1.90. The number of halogens is 1. The quantitative estimate of drug-likeness (QED) is 0.318. The third kappa shape index (κ3) is 4.88. The minimum absolute atomic E-state index is 0.153. The lowest BCUT2D eigenvalue weighted by molar-refractivity contribution is -0.161. The fourth-order valence-corrected chi connectivity index (χ4v) is 5.48. The molecule has 1 N–H and O–H groups in total. The summed E-state index contributed by atoms with van der Waals surface area (Å²) in [5, 5.41) is 11.2. The molecule has 40 heavy (non-hydrogen) atoms. The number of ether oxygens (including phenoxy) is 2. The Morgan fingerprint density at radius 3 is 2.58 bits per heavy atom. The summed E-state index contributed by atoms with van der Waals surface area (Å²) in [4.78, 5) is 31.1. The second kappa shape index (κ2) is 10.2. The number of carboxylic acids is 1. The summed E-state index contributed by atoms with van der Waals surface area (Å²) in [5.41, 5.74) is 3.71. The summed E-state index contributed by atoms with van der Waals surface area (Å²) >= 11 is 0. The van der Waals surface area contributed by atoms with Crippen molar-refractivity contribution < 1.29 is 23.8 Å². The van der Waals surface area contributed by atoms with Gasteiger partial charge in [-0.1, -0.05) is 18.2 Å². The molecule has 0 aliphatic carbocycles. The van der Waals surface area contributed by atoms with Crippen molar-refractivity contribution in [3.63, 3.8) is 0 Å². The number of nitrogens with zero attached hydrogens (tertiary/aromatic N) is 2.